The summed E-state index contributed by atoms with van der Waals surface area (Å²) in [6.07, 6.45) is 6.98. The summed E-state index contributed by atoms with van der Waals surface area (Å²) in [5.74, 6) is 4.18. The molecule has 0 radical (unpaired) electrons. The fourth-order valence-corrected chi connectivity index (χ4v) is 9.54. The van der Waals surface area contributed by atoms with Crippen molar-refractivity contribution in [3.63, 3.8) is 0 Å². The van der Waals surface area contributed by atoms with E-state index in [1.165, 1.54) is 6.07 Å². The lowest BCUT2D eigenvalue weighted by Gasteiger charge is -2.27. The molecule has 340 valence electrons. The standard InChI is InChI=1S/C53H52N8O6/c54-49-47-45(36-16-6-3-7-17-36)48(37-18-8-4-9-19-37)59(50(47)57-33-60(49)38-22-24-39(62)25-23-38)32-35-15-11-14-34(31-35)13-5-1-2-10-29-56-43(63)28-30-55-41-21-12-20-40-46(41)53(67)61(52(40)66)42-26-27-44(64)58-51(42)65/h3-4,6-9,11-12,14-21,31,33,38-39,42,54-55,62H,1-2,10,22-30,32H2,(H,56,63)(H,58,64,65). The zero-order valence-electron chi connectivity index (χ0n) is 37.1. The van der Waals surface area contributed by atoms with Gasteiger partial charge < -0.3 is 24.9 Å². The Kier molecular flexibility index (Phi) is 13.2. The number of carbonyl (C=O) groups is 5. The van der Waals surface area contributed by atoms with Crippen LogP contribution in [0.15, 0.2) is 109 Å². The molecule has 1 saturated carbocycles. The summed E-state index contributed by atoms with van der Waals surface area (Å²) in [6.45, 7) is 1.23. The third kappa shape index (κ3) is 9.41. The van der Waals surface area contributed by atoms with Gasteiger partial charge in [0.05, 0.1) is 34.6 Å². The predicted octanol–water partition coefficient (Wildman–Crippen LogP) is 6.72. The quantitative estimate of drug-likeness (QED) is 0.0452. The number of amides is 5. The van der Waals surface area contributed by atoms with Crippen LogP contribution in [0.5, 0.6) is 0 Å². The first kappa shape index (κ1) is 44.6. The Bertz CT molecular complexity index is 3000. The summed E-state index contributed by atoms with van der Waals surface area (Å²) >= 11 is 0. The molecule has 2 aliphatic heterocycles. The van der Waals surface area contributed by atoms with Gasteiger partial charge in [-0.15, -0.1) is 0 Å². The number of nitrogens with one attached hydrogen (secondary N) is 4. The van der Waals surface area contributed by atoms with E-state index < -0.39 is 29.7 Å². The van der Waals surface area contributed by atoms with Gasteiger partial charge in [0.15, 0.2) is 0 Å². The van der Waals surface area contributed by atoms with Gasteiger partial charge >= 0.3 is 0 Å². The van der Waals surface area contributed by atoms with E-state index in [9.17, 15) is 34.5 Å². The lowest BCUT2D eigenvalue weighted by Crippen LogP contribution is -2.54. The number of nitrogens with zero attached hydrogens (tertiary/aromatic N) is 4. The largest absolute Gasteiger partial charge is 0.393 e. The van der Waals surface area contributed by atoms with Gasteiger partial charge in [0, 0.05) is 61.8 Å². The van der Waals surface area contributed by atoms with Crippen molar-refractivity contribution in [3.05, 3.63) is 137 Å². The van der Waals surface area contributed by atoms with Gasteiger partial charge in [0.1, 0.15) is 17.2 Å². The predicted molar refractivity (Wildman–Crippen MR) is 253 cm³/mol. The van der Waals surface area contributed by atoms with Crippen molar-refractivity contribution < 1.29 is 29.1 Å². The number of piperidine rings is 1. The average molecular weight is 897 g/mol. The van der Waals surface area contributed by atoms with Crippen LogP contribution < -0.4 is 21.4 Å². The van der Waals surface area contributed by atoms with Crippen LogP contribution in [0.25, 0.3) is 33.4 Å². The molecule has 4 heterocycles. The first-order valence-electron chi connectivity index (χ1n) is 23.1. The maximum Gasteiger partial charge on any atom is 0.264 e. The maximum atomic E-state index is 13.4. The van der Waals surface area contributed by atoms with Gasteiger partial charge in [0.2, 0.25) is 17.7 Å². The molecule has 5 N–H and O–H groups in total. The number of rotatable bonds is 14. The molecule has 1 atom stereocenters. The van der Waals surface area contributed by atoms with Crippen molar-refractivity contribution >= 4 is 46.3 Å². The fraction of sp³-hybridized carbons (Fsp3) is 0.302. The van der Waals surface area contributed by atoms with Crippen LogP contribution in [0.2, 0.25) is 0 Å². The minimum absolute atomic E-state index is 0.0392. The average Bonchev–Trinajstić information content (AvgIpc) is 3.80. The minimum Gasteiger partial charge on any atom is -0.393 e. The Hall–Kier alpha value is -7.63. The topological polar surface area (TPSA) is 192 Å². The molecule has 14 heteroatoms. The molecule has 2 aromatic heterocycles. The van der Waals surface area contributed by atoms with Crippen molar-refractivity contribution in [1.29, 1.82) is 5.41 Å². The number of unbranched alkanes of at least 4 members (excludes halogenated alkanes) is 2. The highest BCUT2D eigenvalue weighted by atomic mass is 16.3. The molecule has 0 spiro atoms. The van der Waals surface area contributed by atoms with Crippen LogP contribution >= 0.6 is 0 Å². The number of aliphatic hydroxyl groups excluding tert-OH is 1. The van der Waals surface area contributed by atoms with E-state index in [4.69, 9.17) is 4.98 Å². The Morgan fingerprint density at radius 3 is 2.33 bits per heavy atom. The third-order valence-corrected chi connectivity index (χ3v) is 12.9. The normalized spacial score (nSPS) is 18.0. The Morgan fingerprint density at radius 2 is 1.57 bits per heavy atom. The highest BCUT2D eigenvalue weighted by Gasteiger charge is 2.45. The highest BCUT2D eigenvalue weighted by molar-refractivity contribution is 6.25. The molecule has 2 fully saturated rings. The van der Waals surface area contributed by atoms with Gasteiger partial charge in [-0.1, -0.05) is 90.7 Å². The minimum atomic E-state index is -1.05. The maximum absolute atomic E-state index is 13.4. The van der Waals surface area contributed by atoms with Gasteiger partial charge in [-0.05, 0) is 85.9 Å². The second-order valence-corrected chi connectivity index (χ2v) is 17.4. The van der Waals surface area contributed by atoms with Crippen molar-refractivity contribution in [2.75, 3.05) is 18.4 Å². The van der Waals surface area contributed by atoms with Crippen LogP contribution in [-0.2, 0) is 20.9 Å². The second-order valence-electron chi connectivity index (χ2n) is 17.4. The van der Waals surface area contributed by atoms with E-state index in [0.717, 1.165) is 75.1 Å². The molecule has 0 bridgehead atoms. The van der Waals surface area contributed by atoms with E-state index in [-0.39, 0.29) is 55.0 Å². The van der Waals surface area contributed by atoms with E-state index in [1.54, 1.807) is 12.1 Å². The van der Waals surface area contributed by atoms with Crippen LogP contribution in [0.4, 0.5) is 5.69 Å². The highest BCUT2D eigenvalue weighted by Crippen LogP contribution is 2.40. The molecule has 6 aromatic rings. The van der Waals surface area contributed by atoms with E-state index in [1.807, 2.05) is 59.4 Å². The molecule has 4 aromatic carbocycles. The molecule has 5 amide bonds. The summed E-state index contributed by atoms with van der Waals surface area (Å²) in [6, 6.07) is 32.6. The van der Waals surface area contributed by atoms with Crippen molar-refractivity contribution in [1.82, 2.24) is 29.7 Å². The molecular formula is C53H52N8O6. The molecule has 1 aliphatic carbocycles. The van der Waals surface area contributed by atoms with Gasteiger partial charge in [0.25, 0.3) is 11.8 Å². The Morgan fingerprint density at radius 1 is 0.821 bits per heavy atom. The number of fused-ring (bicyclic) bond motifs is 2. The molecule has 9 rings (SSSR count). The fourth-order valence-electron chi connectivity index (χ4n) is 9.54. The Balaban J connectivity index is 0.818. The van der Waals surface area contributed by atoms with E-state index >= 15 is 0 Å². The summed E-state index contributed by atoms with van der Waals surface area (Å²) in [5.41, 5.74) is 7.85. The lowest BCUT2D eigenvalue weighted by atomic mass is 9.93. The molecular weight excluding hydrogens is 845 g/mol. The van der Waals surface area contributed by atoms with Gasteiger partial charge in [-0.25, -0.2) is 4.98 Å². The van der Waals surface area contributed by atoms with Crippen molar-refractivity contribution in [2.45, 2.75) is 88.9 Å². The second kappa shape index (κ2) is 19.9. The number of carbonyl (C=O) groups excluding carboxylic acids is 5. The van der Waals surface area contributed by atoms with Crippen LogP contribution in [-0.4, -0.2) is 78.9 Å². The SMILES string of the molecule is N=c1c2c(-c3ccccc3)c(-c3ccccc3)n(Cc3cccc(C#CCCCCNC(=O)CCNc4cccc5c4C(=O)N(C4CCC(=O)NC4=O)C5=O)c3)c2ncn1C1CCC(O)CC1. The molecule has 67 heavy (non-hydrogen) atoms. The monoisotopic (exact) mass is 896 g/mol. The number of hydrogen-bond donors (Lipinski definition) is 5. The van der Waals surface area contributed by atoms with E-state index in [0.29, 0.717) is 43.5 Å². The zero-order chi connectivity index (χ0) is 46.4. The van der Waals surface area contributed by atoms with Crippen LogP contribution in [0.3, 0.4) is 0 Å². The Labute approximate surface area is 387 Å². The molecule has 14 nitrogen and oxygen atoms in total. The first-order valence-corrected chi connectivity index (χ1v) is 23.1. The van der Waals surface area contributed by atoms with E-state index in [2.05, 4.69) is 68.8 Å². The number of aromatic nitrogens is 3. The zero-order valence-corrected chi connectivity index (χ0v) is 37.1. The number of imide groups is 2. The molecule has 1 saturated heterocycles. The summed E-state index contributed by atoms with van der Waals surface area (Å²) in [4.78, 5) is 69.3. The summed E-state index contributed by atoms with van der Waals surface area (Å²) in [7, 11) is 0. The summed E-state index contributed by atoms with van der Waals surface area (Å²) < 4.78 is 4.23. The first-order chi connectivity index (χ1) is 32.7. The molecule has 1 unspecified atom stereocenters. The summed E-state index contributed by atoms with van der Waals surface area (Å²) in [5, 5.41) is 28.9. The number of aliphatic hydroxyl groups is 1. The smallest absolute Gasteiger partial charge is 0.264 e. The van der Waals surface area contributed by atoms with Crippen molar-refractivity contribution in [2.24, 2.45) is 0 Å². The van der Waals surface area contributed by atoms with Crippen LogP contribution in [0, 0.1) is 17.3 Å². The molecule has 3 aliphatic rings. The van der Waals surface area contributed by atoms with Gasteiger partial charge in [-0.3, -0.25) is 39.6 Å². The lowest BCUT2D eigenvalue weighted by molar-refractivity contribution is -0.136. The number of hydrogen-bond acceptors (Lipinski definition) is 9. The van der Waals surface area contributed by atoms with Crippen molar-refractivity contribution in [3.8, 4) is 34.2 Å². The third-order valence-electron chi connectivity index (χ3n) is 12.9. The number of benzene rings is 4. The number of anilines is 1. The van der Waals surface area contributed by atoms with Gasteiger partial charge in [-0.2, -0.15) is 0 Å². The van der Waals surface area contributed by atoms with Crippen LogP contribution in [0.1, 0.15) is 102 Å².